The van der Waals surface area contributed by atoms with Crippen LogP contribution in [0.1, 0.15) is 45.0 Å². The van der Waals surface area contributed by atoms with Gasteiger partial charge < -0.3 is 15.8 Å². The Hall–Kier alpha value is -3.18. The molecule has 11 heteroatoms. The van der Waals surface area contributed by atoms with Gasteiger partial charge in [0.05, 0.1) is 22.8 Å². The minimum atomic E-state index is -0.673. The Morgan fingerprint density at radius 3 is 2.56 bits per heavy atom. The third-order valence-electron chi connectivity index (χ3n) is 4.54. The second-order valence-electron chi connectivity index (χ2n) is 6.70. The van der Waals surface area contributed by atoms with Crippen molar-refractivity contribution in [1.82, 2.24) is 15.2 Å². The number of carbonyl (C=O) groups excluding carboxylic acids is 3. The zero-order valence-corrected chi connectivity index (χ0v) is 19.5. The van der Waals surface area contributed by atoms with Crippen molar-refractivity contribution in [2.75, 3.05) is 17.7 Å². The number of amides is 2. The Kier molecular flexibility index (Phi) is 7.65. The molecule has 3 aromatic rings. The number of anilines is 1. The Balaban J connectivity index is 1.67. The topological polar surface area (TPSA) is 140 Å². The van der Waals surface area contributed by atoms with Gasteiger partial charge in [-0.05, 0) is 31.4 Å². The van der Waals surface area contributed by atoms with Gasteiger partial charge in [0.2, 0.25) is 11.1 Å². The maximum absolute atomic E-state index is 12.5. The lowest BCUT2D eigenvalue weighted by atomic mass is 10.1. The lowest BCUT2D eigenvalue weighted by molar-refractivity contribution is -0.113. The molecule has 9 nitrogen and oxygen atoms in total. The normalized spacial score (nSPS) is 10.7. The van der Waals surface area contributed by atoms with Crippen LogP contribution in [0.3, 0.4) is 0 Å². The molecule has 1 aromatic carbocycles. The molecule has 0 aliphatic heterocycles. The standard InChI is InChI=1S/C21H23N5O4S2/c1-4-12-6-8-13(9-7-12)18-24-21(26-25-18)31-10-14(27)23-19-15(20(29)30-5-2)11(3)16(32-19)17(22)28/h6-9H,4-5,10H2,1-3H3,(H2,22,28)(H,23,27)(H,24,25,26). The van der Waals surface area contributed by atoms with E-state index in [0.717, 1.165) is 35.1 Å². The van der Waals surface area contributed by atoms with E-state index >= 15 is 0 Å². The van der Waals surface area contributed by atoms with Gasteiger partial charge in [0.15, 0.2) is 5.82 Å². The molecule has 0 unspecified atom stereocenters. The van der Waals surface area contributed by atoms with Crippen LogP contribution >= 0.6 is 23.1 Å². The molecule has 0 spiro atoms. The summed E-state index contributed by atoms with van der Waals surface area (Å²) in [7, 11) is 0. The summed E-state index contributed by atoms with van der Waals surface area (Å²) in [5.74, 6) is -1.05. The lowest BCUT2D eigenvalue weighted by Crippen LogP contribution is -2.16. The van der Waals surface area contributed by atoms with Gasteiger partial charge in [-0.3, -0.25) is 14.7 Å². The maximum Gasteiger partial charge on any atom is 0.341 e. The molecule has 0 saturated heterocycles. The Morgan fingerprint density at radius 2 is 1.94 bits per heavy atom. The van der Waals surface area contributed by atoms with Crippen LogP contribution in [-0.2, 0) is 16.0 Å². The smallest absolute Gasteiger partial charge is 0.341 e. The van der Waals surface area contributed by atoms with Crippen LogP contribution in [0.25, 0.3) is 11.4 Å². The number of H-pyrrole nitrogens is 1. The van der Waals surface area contributed by atoms with E-state index in [0.29, 0.717) is 16.5 Å². The Labute approximate surface area is 193 Å². The van der Waals surface area contributed by atoms with Crippen LogP contribution < -0.4 is 11.1 Å². The van der Waals surface area contributed by atoms with Crippen molar-refractivity contribution in [2.24, 2.45) is 5.73 Å². The van der Waals surface area contributed by atoms with Gasteiger partial charge in [-0.15, -0.1) is 16.4 Å². The molecule has 2 heterocycles. The number of aryl methyl sites for hydroxylation is 1. The summed E-state index contributed by atoms with van der Waals surface area (Å²) >= 11 is 2.09. The van der Waals surface area contributed by atoms with E-state index in [4.69, 9.17) is 10.5 Å². The number of rotatable bonds is 9. The number of hydrogen-bond acceptors (Lipinski definition) is 8. The molecular weight excluding hydrogens is 450 g/mol. The van der Waals surface area contributed by atoms with Crippen molar-refractivity contribution in [1.29, 1.82) is 0 Å². The fraction of sp³-hybridized carbons (Fsp3) is 0.286. The van der Waals surface area contributed by atoms with E-state index in [2.05, 4.69) is 27.4 Å². The number of benzene rings is 1. The van der Waals surface area contributed by atoms with E-state index in [-0.39, 0.29) is 33.7 Å². The predicted molar refractivity (Wildman–Crippen MR) is 124 cm³/mol. The number of ether oxygens (including phenoxy) is 1. The first-order valence-corrected chi connectivity index (χ1v) is 11.7. The number of hydrogen-bond donors (Lipinski definition) is 3. The van der Waals surface area contributed by atoms with Gasteiger partial charge >= 0.3 is 5.97 Å². The summed E-state index contributed by atoms with van der Waals surface area (Å²) in [5, 5.41) is 10.3. The fourth-order valence-corrected chi connectivity index (χ4v) is 4.58. The minimum Gasteiger partial charge on any atom is -0.462 e. The number of aromatic nitrogens is 3. The Morgan fingerprint density at radius 1 is 1.22 bits per heavy atom. The fourth-order valence-electron chi connectivity index (χ4n) is 2.92. The molecule has 0 fully saturated rings. The van der Waals surface area contributed by atoms with Crippen LogP contribution in [0.15, 0.2) is 29.4 Å². The summed E-state index contributed by atoms with van der Waals surface area (Å²) in [4.78, 5) is 41.1. The molecule has 2 aromatic heterocycles. The number of esters is 1. The molecule has 0 bridgehead atoms. The molecule has 0 radical (unpaired) electrons. The van der Waals surface area contributed by atoms with Crippen molar-refractivity contribution >= 4 is 45.9 Å². The molecule has 168 valence electrons. The second kappa shape index (κ2) is 10.4. The molecule has 2 amide bonds. The summed E-state index contributed by atoms with van der Waals surface area (Å²) in [6.45, 7) is 5.52. The molecule has 3 rings (SSSR count). The minimum absolute atomic E-state index is 0.0111. The van der Waals surface area contributed by atoms with Crippen LogP contribution in [0.4, 0.5) is 5.00 Å². The van der Waals surface area contributed by atoms with E-state index in [9.17, 15) is 14.4 Å². The molecule has 0 atom stereocenters. The second-order valence-corrected chi connectivity index (χ2v) is 8.66. The highest BCUT2D eigenvalue weighted by molar-refractivity contribution is 7.99. The van der Waals surface area contributed by atoms with Gasteiger partial charge in [0, 0.05) is 5.56 Å². The third kappa shape index (κ3) is 5.35. The quantitative estimate of drug-likeness (QED) is 0.319. The molecular formula is C21H23N5O4S2. The molecule has 0 aliphatic carbocycles. The number of nitrogens with one attached hydrogen (secondary N) is 2. The van der Waals surface area contributed by atoms with Crippen molar-refractivity contribution in [3.05, 3.63) is 45.8 Å². The molecule has 32 heavy (non-hydrogen) atoms. The van der Waals surface area contributed by atoms with Gasteiger partial charge in [0.25, 0.3) is 5.91 Å². The number of aromatic amines is 1. The number of carbonyl (C=O) groups is 3. The van der Waals surface area contributed by atoms with Crippen LogP contribution in [0.5, 0.6) is 0 Å². The average Bonchev–Trinajstić information content (AvgIpc) is 3.37. The van der Waals surface area contributed by atoms with E-state index in [1.165, 1.54) is 5.56 Å². The first kappa shape index (κ1) is 23.5. The summed E-state index contributed by atoms with van der Waals surface area (Å²) in [5.41, 5.74) is 8.04. The van der Waals surface area contributed by atoms with Gasteiger partial charge in [-0.25, -0.2) is 9.78 Å². The monoisotopic (exact) mass is 473 g/mol. The summed E-state index contributed by atoms with van der Waals surface area (Å²) in [6.07, 6.45) is 0.954. The van der Waals surface area contributed by atoms with E-state index in [1.807, 2.05) is 24.3 Å². The summed E-state index contributed by atoms with van der Waals surface area (Å²) in [6, 6.07) is 7.99. The van der Waals surface area contributed by atoms with Crippen LogP contribution in [0, 0.1) is 6.92 Å². The highest BCUT2D eigenvalue weighted by atomic mass is 32.2. The van der Waals surface area contributed by atoms with Crippen LogP contribution in [0.2, 0.25) is 0 Å². The predicted octanol–water partition coefficient (Wildman–Crippen LogP) is 3.41. The number of nitrogens with zero attached hydrogens (tertiary/aromatic N) is 2. The van der Waals surface area contributed by atoms with Crippen molar-refractivity contribution in [3.8, 4) is 11.4 Å². The Bertz CT molecular complexity index is 1140. The maximum atomic E-state index is 12.5. The van der Waals surface area contributed by atoms with Gasteiger partial charge in [0.1, 0.15) is 5.00 Å². The summed E-state index contributed by atoms with van der Waals surface area (Å²) < 4.78 is 5.05. The number of nitrogens with two attached hydrogens (primary N) is 1. The van der Waals surface area contributed by atoms with Crippen molar-refractivity contribution in [3.63, 3.8) is 0 Å². The molecule has 0 saturated carbocycles. The highest BCUT2D eigenvalue weighted by Gasteiger charge is 2.25. The van der Waals surface area contributed by atoms with E-state index < -0.39 is 11.9 Å². The zero-order valence-electron chi connectivity index (χ0n) is 17.9. The highest BCUT2D eigenvalue weighted by Crippen LogP contribution is 2.33. The lowest BCUT2D eigenvalue weighted by Gasteiger charge is -2.06. The van der Waals surface area contributed by atoms with Gasteiger partial charge in [-0.1, -0.05) is 43.0 Å². The first-order valence-electron chi connectivity index (χ1n) is 9.88. The van der Waals surface area contributed by atoms with Gasteiger partial charge in [-0.2, -0.15) is 0 Å². The van der Waals surface area contributed by atoms with Crippen molar-refractivity contribution in [2.45, 2.75) is 32.3 Å². The number of thioether (sulfide) groups is 1. The average molecular weight is 474 g/mol. The molecule has 4 N–H and O–H groups in total. The zero-order chi connectivity index (χ0) is 23.3. The van der Waals surface area contributed by atoms with Crippen LogP contribution in [-0.4, -0.2) is 45.3 Å². The number of thiophene rings is 1. The van der Waals surface area contributed by atoms with E-state index in [1.54, 1.807) is 13.8 Å². The van der Waals surface area contributed by atoms with Crippen molar-refractivity contribution < 1.29 is 19.1 Å². The third-order valence-corrected chi connectivity index (χ3v) is 6.61. The molecule has 0 aliphatic rings. The first-order chi connectivity index (χ1) is 15.3. The number of primary amides is 1. The largest absolute Gasteiger partial charge is 0.462 e. The SMILES string of the molecule is CCOC(=O)c1c(NC(=O)CSc2n[nH]c(-c3ccc(CC)cc3)n2)sc(C(N)=O)c1C.